The van der Waals surface area contributed by atoms with Crippen molar-refractivity contribution in [2.24, 2.45) is 0 Å². The van der Waals surface area contributed by atoms with E-state index < -0.39 is 0 Å². The number of nitrogens with zero attached hydrogens (tertiary/aromatic N) is 1. The van der Waals surface area contributed by atoms with E-state index >= 15 is 0 Å². The van der Waals surface area contributed by atoms with E-state index in [0.717, 1.165) is 16.8 Å². The number of hydrogen-bond acceptors (Lipinski definition) is 2. The van der Waals surface area contributed by atoms with Gasteiger partial charge < -0.3 is 5.32 Å². The third-order valence-corrected chi connectivity index (χ3v) is 3.44. The van der Waals surface area contributed by atoms with Gasteiger partial charge in [0.25, 0.3) is 0 Å². The second-order valence-electron chi connectivity index (χ2n) is 4.23. The third-order valence-electron chi connectivity index (χ3n) is 2.85. The first-order chi connectivity index (χ1) is 9.10. The number of benzene rings is 2. The van der Waals surface area contributed by atoms with E-state index in [0.29, 0.717) is 22.2 Å². The van der Waals surface area contributed by atoms with Crippen LogP contribution in [0, 0.1) is 18.3 Å². The molecule has 0 aliphatic heterocycles. The van der Waals surface area contributed by atoms with Gasteiger partial charge in [-0.05, 0) is 42.3 Å². The molecule has 19 heavy (non-hydrogen) atoms. The van der Waals surface area contributed by atoms with Crippen molar-refractivity contribution in [1.82, 2.24) is 0 Å². The highest BCUT2D eigenvalue weighted by atomic mass is 35.5. The number of halogens is 2. The molecule has 2 aromatic carbocycles. The molecule has 0 saturated carbocycles. The molecule has 0 amide bonds. The van der Waals surface area contributed by atoms with Crippen LogP contribution in [0.15, 0.2) is 36.4 Å². The first kappa shape index (κ1) is 13.7. The van der Waals surface area contributed by atoms with E-state index in [1.165, 1.54) is 0 Å². The molecule has 0 spiro atoms. The number of nitriles is 1. The van der Waals surface area contributed by atoms with Gasteiger partial charge in [0, 0.05) is 22.3 Å². The van der Waals surface area contributed by atoms with E-state index in [2.05, 4.69) is 11.4 Å². The molecule has 0 aliphatic rings. The Morgan fingerprint density at radius 1 is 1.16 bits per heavy atom. The van der Waals surface area contributed by atoms with E-state index in [-0.39, 0.29) is 0 Å². The van der Waals surface area contributed by atoms with Crippen molar-refractivity contribution in [3.05, 3.63) is 63.1 Å². The normalized spacial score (nSPS) is 10.0. The van der Waals surface area contributed by atoms with Gasteiger partial charge in [0.2, 0.25) is 0 Å². The summed E-state index contributed by atoms with van der Waals surface area (Å²) in [4.78, 5) is 0. The fraction of sp³-hybridized carbons (Fsp3) is 0.133. The van der Waals surface area contributed by atoms with Gasteiger partial charge in [-0.2, -0.15) is 5.26 Å². The number of anilines is 1. The van der Waals surface area contributed by atoms with Crippen molar-refractivity contribution < 1.29 is 0 Å². The molecule has 0 unspecified atom stereocenters. The van der Waals surface area contributed by atoms with E-state index in [9.17, 15) is 0 Å². The Bertz CT molecular complexity index is 645. The fourth-order valence-electron chi connectivity index (χ4n) is 1.74. The molecule has 0 radical (unpaired) electrons. The molecule has 0 heterocycles. The smallest absolute Gasteiger partial charge is 0.0992 e. The van der Waals surface area contributed by atoms with E-state index in [4.69, 9.17) is 28.5 Å². The van der Waals surface area contributed by atoms with Gasteiger partial charge in [-0.3, -0.25) is 0 Å². The second-order valence-corrected chi connectivity index (χ2v) is 5.07. The zero-order valence-electron chi connectivity index (χ0n) is 10.4. The summed E-state index contributed by atoms with van der Waals surface area (Å²) in [5.74, 6) is 0. The highest BCUT2D eigenvalue weighted by molar-refractivity contribution is 6.35. The maximum atomic E-state index is 8.90. The quantitative estimate of drug-likeness (QED) is 0.882. The number of nitrogens with one attached hydrogen (secondary N) is 1. The maximum Gasteiger partial charge on any atom is 0.0992 e. The molecule has 1 N–H and O–H groups in total. The average molecular weight is 291 g/mol. The zero-order valence-corrected chi connectivity index (χ0v) is 11.9. The summed E-state index contributed by atoms with van der Waals surface area (Å²) in [6.07, 6.45) is 0. The van der Waals surface area contributed by atoms with Crippen LogP contribution in [0.25, 0.3) is 0 Å². The molecule has 0 aromatic heterocycles. The zero-order chi connectivity index (χ0) is 13.8. The number of hydrogen-bond donors (Lipinski definition) is 1. The predicted octanol–water partition coefficient (Wildman–Crippen LogP) is 4.79. The molecule has 2 rings (SSSR count). The lowest BCUT2D eigenvalue weighted by molar-refractivity contribution is 1.14. The lowest BCUT2D eigenvalue weighted by Crippen LogP contribution is -2.02. The minimum atomic E-state index is 0.589. The van der Waals surface area contributed by atoms with Crippen LogP contribution >= 0.6 is 23.2 Å². The van der Waals surface area contributed by atoms with Gasteiger partial charge in [0.1, 0.15) is 0 Å². The Morgan fingerprint density at radius 3 is 2.63 bits per heavy atom. The Labute approximate surface area is 122 Å². The fourth-order valence-corrected chi connectivity index (χ4v) is 2.21. The summed E-state index contributed by atoms with van der Waals surface area (Å²) in [6, 6.07) is 13.1. The number of rotatable bonds is 3. The highest BCUT2D eigenvalue weighted by Gasteiger charge is 2.03. The van der Waals surface area contributed by atoms with Crippen LogP contribution in [-0.2, 0) is 6.54 Å². The van der Waals surface area contributed by atoms with Crippen molar-refractivity contribution in [1.29, 1.82) is 5.26 Å². The summed E-state index contributed by atoms with van der Waals surface area (Å²) in [6.45, 7) is 2.58. The van der Waals surface area contributed by atoms with Gasteiger partial charge >= 0.3 is 0 Å². The summed E-state index contributed by atoms with van der Waals surface area (Å²) in [7, 11) is 0. The third kappa shape index (κ3) is 3.41. The Kier molecular flexibility index (Phi) is 4.31. The molecular formula is C15H12Cl2N2. The second kappa shape index (κ2) is 5.97. The van der Waals surface area contributed by atoms with Crippen LogP contribution in [0.3, 0.4) is 0 Å². The minimum Gasteiger partial charge on any atom is -0.381 e. The Morgan fingerprint density at radius 2 is 1.95 bits per heavy atom. The monoisotopic (exact) mass is 290 g/mol. The molecule has 0 saturated heterocycles. The van der Waals surface area contributed by atoms with Crippen molar-refractivity contribution in [2.45, 2.75) is 13.5 Å². The van der Waals surface area contributed by atoms with E-state index in [1.807, 2.05) is 31.2 Å². The molecule has 0 atom stereocenters. The van der Waals surface area contributed by atoms with Crippen LogP contribution in [0.5, 0.6) is 0 Å². The SMILES string of the molecule is Cc1ccc(C#N)cc1NCc1ccc(Cl)cc1Cl. The van der Waals surface area contributed by atoms with Crippen LogP contribution in [0.2, 0.25) is 10.0 Å². The maximum absolute atomic E-state index is 8.90. The molecular weight excluding hydrogens is 279 g/mol. The highest BCUT2D eigenvalue weighted by Crippen LogP contribution is 2.23. The molecule has 4 heteroatoms. The lowest BCUT2D eigenvalue weighted by atomic mass is 10.1. The summed E-state index contributed by atoms with van der Waals surface area (Å²) >= 11 is 12.0. The topological polar surface area (TPSA) is 35.8 Å². The molecule has 96 valence electrons. The van der Waals surface area contributed by atoms with Crippen molar-refractivity contribution in [2.75, 3.05) is 5.32 Å². The molecule has 0 fully saturated rings. The van der Waals surface area contributed by atoms with Crippen LogP contribution in [0.1, 0.15) is 16.7 Å². The van der Waals surface area contributed by atoms with Crippen LogP contribution in [0.4, 0.5) is 5.69 Å². The first-order valence-corrected chi connectivity index (χ1v) is 6.54. The van der Waals surface area contributed by atoms with Gasteiger partial charge in [-0.1, -0.05) is 35.3 Å². The largest absolute Gasteiger partial charge is 0.381 e. The first-order valence-electron chi connectivity index (χ1n) is 5.78. The average Bonchev–Trinajstić information content (AvgIpc) is 2.39. The van der Waals surface area contributed by atoms with Crippen molar-refractivity contribution in [3.8, 4) is 6.07 Å². The summed E-state index contributed by atoms with van der Waals surface area (Å²) in [5, 5.41) is 13.4. The summed E-state index contributed by atoms with van der Waals surface area (Å²) in [5.41, 5.74) is 3.62. The summed E-state index contributed by atoms with van der Waals surface area (Å²) < 4.78 is 0. The minimum absolute atomic E-state index is 0.589. The Balaban J connectivity index is 2.16. The van der Waals surface area contributed by atoms with Gasteiger partial charge in [-0.15, -0.1) is 0 Å². The van der Waals surface area contributed by atoms with Crippen molar-refractivity contribution >= 4 is 28.9 Å². The lowest BCUT2D eigenvalue weighted by Gasteiger charge is -2.11. The number of aryl methyl sites for hydroxylation is 1. The molecule has 2 aromatic rings. The van der Waals surface area contributed by atoms with Crippen LogP contribution in [-0.4, -0.2) is 0 Å². The molecule has 2 nitrogen and oxygen atoms in total. The molecule has 0 bridgehead atoms. The van der Waals surface area contributed by atoms with Gasteiger partial charge in [0.15, 0.2) is 0 Å². The van der Waals surface area contributed by atoms with Gasteiger partial charge in [-0.25, -0.2) is 0 Å². The standard InChI is InChI=1S/C15H12Cl2N2/c1-10-2-3-11(8-18)6-15(10)19-9-12-4-5-13(16)7-14(12)17/h2-7,19H,9H2,1H3. The van der Waals surface area contributed by atoms with Gasteiger partial charge in [0.05, 0.1) is 11.6 Å². The van der Waals surface area contributed by atoms with Crippen LogP contribution < -0.4 is 5.32 Å². The Hall–Kier alpha value is -1.69. The van der Waals surface area contributed by atoms with E-state index in [1.54, 1.807) is 12.1 Å². The predicted molar refractivity (Wildman–Crippen MR) is 79.7 cm³/mol. The molecule has 0 aliphatic carbocycles. The van der Waals surface area contributed by atoms with Crippen molar-refractivity contribution in [3.63, 3.8) is 0 Å².